The zero-order valence-corrected chi connectivity index (χ0v) is 61.6. The summed E-state index contributed by atoms with van der Waals surface area (Å²) in [6.07, 6.45) is 0. The Kier molecular flexibility index (Phi) is 40.3. The van der Waals surface area contributed by atoms with E-state index in [-0.39, 0.29) is 26.4 Å². The van der Waals surface area contributed by atoms with E-state index in [0.717, 1.165) is 0 Å². The SMILES string of the molecule is CC[SiH](CC)CC.CC[SiH](CC)CC.CC[SiH](CC)CC.Fc1c(F)c(F)c(-c2c(F)c(F)c(F)c(F)c2F)c(F)c1F.Fc1c(F)c(F)c(-c2c(F)c(F)c(F)c(F)c2F)c(F)c1F.Fc1c(F)c(F)c(-c2c(F)c(F)c(F)c(F)c2F)c(F)c1F.Fc1c(F)c(F)c(-c2c(F)c(F)c(F)c(F)c2F)c(F)c1F.OB(O)O. The van der Waals surface area contributed by atoms with E-state index in [4.69, 9.17) is 15.1 Å². The summed E-state index contributed by atoms with van der Waals surface area (Å²) in [5.74, 6) is -107. The smallest absolute Gasteiger partial charge is 0.402 e. The van der Waals surface area contributed by atoms with Gasteiger partial charge < -0.3 is 15.1 Å². The van der Waals surface area contributed by atoms with E-state index in [0.29, 0.717) is 0 Å². The Hall–Kier alpha value is -8.44. The molecule has 628 valence electrons. The van der Waals surface area contributed by atoms with Crippen molar-refractivity contribution in [3.05, 3.63) is 233 Å². The minimum Gasteiger partial charge on any atom is -0.402 e. The number of halogens is 40. The van der Waals surface area contributed by atoms with Gasteiger partial charge in [-0.05, 0) is 0 Å². The van der Waals surface area contributed by atoms with E-state index in [1.54, 1.807) is 0 Å². The maximum Gasteiger partial charge on any atom is 0.631 e. The number of rotatable bonds is 13. The Labute approximate surface area is 616 Å². The molecular formula is C66H51BF40O3Si3. The summed E-state index contributed by atoms with van der Waals surface area (Å²) in [7, 11) is -2.68. The first kappa shape index (κ1) is 103. The second-order valence-electron chi connectivity index (χ2n) is 22.2. The predicted molar refractivity (Wildman–Crippen MR) is 334 cm³/mol. The fourth-order valence-corrected chi connectivity index (χ4v) is 14.4. The first-order chi connectivity index (χ1) is 52.2. The van der Waals surface area contributed by atoms with Crippen LogP contribution in [0, 0.1) is 233 Å². The van der Waals surface area contributed by atoms with Crippen LogP contribution in [0.3, 0.4) is 0 Å². The van der Waals surface area contributed by atoms with Crippen LogP contribution in [0.2, 0.25) is 54.4 Å². The Morgan fingerprint density at radius 2 is 0.177 bits per heavy atom. The van der Waals surface area contributed by atoms with Gasteiger partial charge in [0.15, 0.2) is 186 Å². The van der Waals surface area contributed by atoms with Gasteiger partial charge in [0.1, 0.15) is 0 Å². The topological polar surface area (TPSA) is 60.7 Å². The average Bonchev–Trinajstić information content (AvgIpc) is 0.769. The summed E-state index contributed by atoms with van der Waals surface area (Å²) in [5, 5.41) is 21.5. The van der Waals surface area contributed by atoms with Crippen molar-refractivity contribution in [3.8, 4) is 44.5 Å². The molecule has 3 N–H and O–H groups in total. The molecule has 8 aromatic carbocycles. The number of hydrogen-bond acceptors (Lipinski definition) is 3. The van der Waals surface area contributed by atoms with Gasteiger partial charge in [-0.25, -0.2) is 176 Å². The predicted octanol–water partition coefficient (Wildman–Crippen LogP) is 23.7. The highest BCUT2D eigenvalue weighted by Gasteiger charge is 2.40. The highest BCUT2D eigenvalue weighted by atomic mass is 28.3. The molecule has 47 heteroatoms. The number of benzene rings is 8. The lowest BCUT2D eigenvalue weighted by molar-refractivity contribution is 0.278. The van der Waals surface area contributed by atoms with E-state index in [1.807, 2.05) is 0 Å². The van der Waals surface area contributed by atoms with Crippen LogP contribution in [-0.4, -0.2) is 48.8 Å². The van der Waals surface area contributed by atoms with Crippen molar-refractivity contribution in [1.29, 1.82) is 0 Å². The molecule has 113 heavy (non-hydrogen) atoms. The van der Waals surface area contributed by atoms with Gasteiger partial charge in [0.2, 0.25) is 46.5 Å². The Morgan fingerprint density at radius 1 is 0.133 bits per heavy atom. The minimum absolute atomic E-state index is 0.171. The zero-order valence-electron chi connectivity index (χ0n) is 58.1. The van der Waals surface area contributed by atoms with E-state index in [1.165, 1.54) is 54.4 Å². The van der Waals surface area contributed by atoms with Crippen molar-refractivity contribution in [2.75, 3.05) is 0 Å². The first-order valence-corrected chi connectivity index (χ1v) is 38.7. The Morgan fingerprint density at radius 3 is 0.212 bits per heavy atom. The molecular weight excluding hydrogens is 1700 g/mol. The van der Waals surface area contributed by atoms with Crippen LogP contribution in [0.15, 0.2) is 0 Å². The minimum atomic E-state index is -2.68. The van der Waals surface area contributed by atoms with Gasteiger partial charge in [-0.3, -0.25) is 0 Å². The van der Waals surface area contributed by atoms with Crippen LogP contribution >= 0.6 is 0 Å². The van der Waals surface area contributed by atoms with Crippen molar-refractivity contribution in [3.63, 3.8) is 0 Å². The summed E-state index contributed by atoms with van der Waals surface area (Å²) in [6, 6.07) is 13.4. The molecule has 3 nitrogen and oxygen atoms in total. The lowest BCUT2D eigenvalue weighted by Crippen LogP contribution is -2.10. The van der Waals surface area contributed by atoms with Crippen molar-refractivity contribution in [2.45, 2.75) is 117 Å². The molecule has 8 aromatic rings. The molecule has 0 unspecified atom stereocenters. The molecule has 0 aromatic heterocycles. The van der Waals surface area contributed by atoms with Gasteiger partial charge in [0, 0.05) is 26.4 Å². The summed E-state index contributed by atoms with van der Waals surface area (Å²) in [4.78, 5) is 0. The van der Waals surface area contributed by atoms with E-state index in [9.17, 15) is 176 Å². The lowest BCUT2D eigenvalue weighted by atomic mass is 10.0. The second-order valence-corrected chi connectivity index (χ2v) is 34.7. The van der Waals surface area contributed by atoms with Gasteiger partial charge in [-0.15, -0.1) is 0 Å². The summed E-state index contributed by atoms with van der Waals surface area (Å²) < 4.78 is 525. The zero-order chi connectivity index (χ0) is 88.4. The maximum absolute atomic E-state index is 13.4. The van der Waals surface area contributed by atoms with Gasteiger partial charge in [0.25, 0.3) is 0 Å². The van der Waals surface area contributed by atoms with Crippen LogP contribution in [0.25, 0.3) is 44.5 Å². The van der Waals surface area contributed by atoms with Crippen molar-refractivity contribution >= 4 is 33.7 Å². The highest BCUT2D eigenvalue weighted by Crippen LogP contribution is 2.43. The van der Waals surface area contributed by atoms with E-state index < -0.39 is 285 Å². The molecule has 0 radical (unpaired) electrons. The van der Waals surface area contributed by atoms with E-state index in [2.05, 4.69) is 62.3 Å². The van der Waals surface area contributed by atoms with Crippen LogP contribution in [0.5, 0.6) is 0 Å². The Balaban J connectivity index is 0.000000683. The van der Waals surface area contributed by atoms with Crippen LogP contribution in [0.1, 0.15) is 62.3 Å². The summed E-state index contributed by atoms with van der Waals surface area (Å²) in [5.41, 5.74) is -18.1. The Bertz CT molecular complexity index is 3620. The molecule has 0 saturated heterocycles. The quantitative estimate of drug-likeness (QED) is 0.0467. The van der Waals surface area contributed by atoms with Crippen molar-refractivity contribution in [2.24, 2.45) is 0 Å². The van der Waals surface area contributed by atoms with Crippen molar-refractivity contribution < 1.29 is 191 Å². The van der Waals surface area contributed by atoms with Crippen LogP contribution in [-0.2, 0) is 0 Å². The molecule has 0 spiro atoms. The third-order valence-electron chi connectivity index (χ3n) is 15.9. The van der Waals surface area contributed by atoms with Gasteiger partial charge in [-0.2, -0.15) is 0 Å². The summed E-state index contributed by atoms with van der Waals surface area (Å²) in [6.45, 7) is 20.9. The molecule has 0 fully saturated rings. The fraction of sp³-hybridized carbons (Fsp3) is 0.273. The molecule has 0 aliphatic heterocycles. The van der Waals surface area contributed by atoms with Gasteiger partial charge in [0.05, 0.1) is 44.5 Å². The largest absolute Gasteiger partial charge is 0.631 e. The highest BCUT2D eigenvalue weighted by molar-refractivity contribution is 6.59. The molecule has 0 aliphatic carbocycles. The third-order valence-corrected chi connectivity index (χ3v) is 26.3. The molecule has 0 saturated carbocycles. The molecule has 0 heterocycles. The van der Waals surface area contributed by atoms with Crippen molar-refractivity contribution in [1.82, 2.24) is 0 Å². The standard InChI is InChI=1S/4C12F10.3C6H16Si.BH3O3/c4*13-3-1(4(14)8(18)11(21)7(3)17)2-5(15)9(19)12(22)10(20)6(2)16;3*1-4-7(5-2)6-3;2-1(3)4/h;;;;3*7H,4-6H2,1-3H3;2-4H. The van der Waals surface area contributed by atoms with Crippen LogP contribution < -0.4 is 0 Å². The monoisotopic (exact) mass is 1750 g/mol. The van der Waals surface area contributed by atoms with E-state index >= 15 is 0 Å². The fourth-order valence-electron chi connectivity index (χ4n) is 9.19. The second kappa shape index (κ2) is 44.4. The molecule has 0 aliphatic rings. The molecule has 0 atom stereocenters. The normalized spacial score (nSPS) is 10.9. The van der Waals surface area contributed by atoms with Gasteiger partial charge >= 0.3 is 7.32 Å². The molecule has 0 bridgehead atoms. The number of hydrogen-bond donors (Lipinski definition) is 3. The first-order valence-electron chi connectivity index (χ1n) is 31.4. The third kappa shape index (κ3) is 22.6. The molecule has 8 rings (SSSR count). The molecule has 0 amide bonds. The lowest BCUT2D eigenvalue weighted by Gasteiger charge is -2.11. The average molecular weight is 1750 g/mol. The van der Waals surface area contributed by atoms with Crippen LogP contribution in [0.4, 0.5) is 176 Å². The van der Waals surface area contributed by atoms with Gasteiger partial charge in [-0.1, -0.05) is 117 Å². The maximum atomic E-state index is 13.4. The summed E-state index contributed by atoms with van der Waals surface area (Å²) >= 11 is 0.